The number of pyridine rings is 1. The predicted octanol–water partition coefficient (Wildman–Crippen LogP) is 4.09. The van der Waals surface area contributed by atoms with Gasteiger partial charge in [-0.05, 0) is 43.3 Å². The van der Waals surface area contributed by atoms with Crippen LogP contribution in [0, 0.1) is 0 Å². The van der Waals surface area contributed by atoms with E-state index in [4.69, 9.17) is 11.6 Å². The molecule has 4 rings (SSSR count). The summed E-state index contributed by atoms with van der Waals surface area (Å²) in [7, 11) is 1.87. The summed E-state index contributed by atoms with van der Waals surface area (Å²) in [5, 5.41) is 4.43. The summed E-state index contributed by atoms with van der Waals surface area (Å²) in [5.41, 5.74) is 3.04. The van der Waals surface area contributed by atoms with E-state index in [2.05, 4.69) is 10.3 Å². The van der Waals surface area contributed by atoms with Crippen molar-refractivity contribution in [2.24, 2.45) is 0 Å². The van der Waals surface area contributed by atoms with Crippen molar-refractivity contribution < 1.29 is 9.59 Å². The zero-order valence-electron chi connectivity index (χ0n) is 16.2. The molecule has 2 heterocycles. The molecule has 1 aromatic heterocycles. The molecule has 0 spiro atoms. The van der Waals surface area contributed by atoms with Crippen LogP contribution in [0.5, 0.6) is 0 Å². The third-order valence-electron chi connectivity index (χ3n) is 5.09. The lowest BCUT2D eigenvalue weighted by Crippen LogP contribution is -2.44. The first-order valence-corrected chi connectivity index (χ1v) is 9.78. The number of carbonyl (C=O) groups is 2. The number of likely N-dealkylation sites (N-methyl/N-ethyl adjacent to an activating group) is 1. The Balaban J connectivity index is 1.65. The average Bonchev–Trinajstić information content (AvgIpc) is 2.81. The molecule has 1 atom stereocenters. The highest BCUT2D eigenvalue weighted by Crippen LogP contribution is 2.32. The summed E-state index contributed by atoms with van der Waals surface area (Å²) in [4.78, 5) is 33.5. The van der Waals surface area contributed by atoms with E-state index in [9.17, 15) is 9.59 Å². The zero-order valence-corrected chi connectivity index (χ0v) is 17.0. The number of nitrogens with zero attached hydrogens (tertiary/aromatic N) is 3. The van der Waals surface area contributed by atoms with Crippen LogP contribution in [0.1, 0.15) is 13.3 Å². The maximum Gasteiger partial charge on any atom is 0.246 e. The molecule has 2 aromatic carbocycles. The first-order chi connectivity index (χ1) is 13.9. The number of halogens is 1. The number of amides is 2. The number of fused-ring (bicyclic) bond motifs is 2. The summed E-state index contributed by atoms with van der Waals surface area (Å²) in [6, 6.07) is 14.6. The summed E-state index contributed by atoms with van der Waals surface area (Å²) < 4.78 is 0. The Morgan fingerprint density at radius 1 is 1.28 bits per heavy atom. The molecular weight excluding hydrogens is 388 g/mol. The molecule has 0 fully saturated rings. The van der Waals surface area contributed by atoms with E-state index in [1.165, 1.54) is 0 Å². The topological polar surface area (TPSA) is 65.5 Å². The maximum atomic E-state index is 13.3. The van der Waals surface area contributed by atoms with Gasteiger partial charge in [-0.3, -0.25) is 14.6 Å². The van der Waals surface area contributed by atoms with Gasteiger partial charge >= 0.3 is 0 Å². The van der Waals surface area contributed by atoms with Gasteiger partial charge in [-0.15, -0.1) is 0 Å². The van der Waals surface area contributed by atoms with Crippen LogP contribution in [0.15, 0.2) is 54.7 Å². The molecule has 0 radical (unpaired) electrons. The van der Waals surface area contributed by atoms with Crippen molar-refractivity contribution in [2.45, 2.75) is 19.4 Å². The standard InChI is InChI=1S/C22H21ClN4O2/c1-14-11-21(28)25-17-5-3-4-6-20(17)27(14)22(29)13-26(2)19-9-10-24-18-12-15(23)7-8-16(18)19/h3-10,12,14H,11,13H2,1-2H3,(H,25,28). The van der Waals surface area contributed by atoms with Crippen LogP contribution in [-0.4, -0.2) is 36.4 Å². The fraction of sp³-hybridized carbons (Fsp3) is 0.227. The van der Waals surface area contributed by atoms with Crippen LogP contribution in [-0.2, 0) is 9.59 Å². The van der Waals surface area contributed by atoms with Crippen LogP contribution in [0.3, 0.4) is 0 Å². The lowest BCUT2D eigenvalue weighted by Gasteiger charge is -2.30. The van der Waals surface area contributed by atoms with Crippen molar-refractivity contribution in [1.82, 2.24) is 4.98 Å². The molecular formula is C22H21ClN4O2. The van der Waals surface area contributed by atoms with E-state index in [-0.39, 0.29) is 30.8 Å². The molecule has 0 aliphatic carbocycles. The minimum atomic E-state index is -0.243. The summed E-state index contributed by atoms with van der Waals surface area (Å²) in [5.74, 6) is -0.173. The fourth-order valence-electron chi connectivity index (χ4n) is 3.77. The van der Waals surface area contributed by atoms with Gasteiger partial charge < -0.3 is 15.1 Å². The van der Waals surface area contributed by atoms with Crippen LogP contribution >= 0.6 is 11.6 Å². The highest BCUT2D eigenvalue weighted by molar-refractivity contribution is 6.31. The number of nitrogens with one attached hydrogen (secondary N) is 1. The highest BCUT2D eigenvalue weighted by Gasteiger charge is 2.30. The molecule has 3 aromatic rings. The van der Waals surface area contributed by atoms with Gasteiger partial charge in [0.1, 0.15) is 0 Å². The Bertz CT molecular complexity index is 1100. The van der Waals surface area contributed by atoms with Crippen molar-refractivity contribution in [3.63, 3.8) is 0 Å². The molecule has 1 unspecified atom stereocenters. The molecule has 0 bridgehead atoms. The monoisotopic (exact) mass is 408 g/mol. The Kier molecular flexibility index (Phi) is 5.11. The molecule has 29 heavy (non-hydrogen) atoms. The van der Waals surface area contributed by atoms with Crippen molar-refractivity contribution in [1.29, 1.82) is 0 Å². The molecule has 6 nitrogen and oxygen atoms in total. The number of rotatable bonds is 3. The number of hydrogen-bond donors (Lipinski definition) is 1. The smallest absolute Gasteiger partial charge is 0.246 e. The lowest BCUT2D eigenvalue weighted by molar-refractivity contribution is -0.118. The van der Waals surface area contributed by atoms with Gasteiger partial charge in [-0.2, -0.15) is 0 Å². The lowest BCUT2D eigenvalue weighted by atomic mass is 10.1. The Labute approximate surface area is 174 Å². The second kappa shape index (κ2) is 7.72. The van der Waals surface area contributed by atoms with Crippen molar-refractivity contribution >= 4 is 51.4 Å². The fourth-order valence-corrected chi connectivity index (χ4v) is 3.94. The van der Waals surface area contributed by atoms with Crippen LogP contribution in [0.25, 0.3) is 10.9 Å². The molecule has 1 aliphatic rings. The number of hydrogen-bond acceptors (Lipinski definition) is 4. The van der Waals surface area contributed by atoms with E-state index in [0.717, 1.165) is 22.3 Å². The van der Waals surface area contributed by atoms with Gasteiger partial charge in [0.05, 0.1) is 23.4 Å². The normalized spacial score (nSPS) is 16.2. The third kappa shape index (κ3) is 3.76. The number of para-hydroxylation sites is 2. The summed E-state index contributed by atoms with van der Waals surface area (Å²) in [6.45, 7) is 2.05. The van der Waals surface area contributed by atoms with Gasteiger partial charge in [0.2, 0.25) is 11.8 Å². The van der Waals surface area contributed by atoms with E-state index >= 15 is 0 Å². The van der Waals surface area contributed by atoms with Gasteiger partial charge in [0.15, 0.2) is 0 Å². The number of aromatic nitrogens is 1. The second-order valence-electron chi connectivity index (χ2n) is 7.23. The SMILES string of the molecule is CC1CC(=O)Nc2ccccc2N1C(=O)CN(C)c1ccnc2cc(Cl)ccc12. The van der Waals surface area contributed by atoms with E-state index < -0.39 is 0 Å². The second-order valence-corrected chi connectivity index (χ2v) is 7.67. The average molecular weight is 409 g/mol. The third-order valence-corrected chi connectivity index (χ3v) is 5.33. The van der Waals surface area contributed by atoms with E-state index in [1.807, 2.05) is 61.3 Å². The number of carbonyl (C=O) groups excluding carboxylic acids is 2. The van der Waals surface area contributed by atoms with Crippen LogP contribution in [0.2, 0.25) is 5.02 Å². The molecule has 2 amide bonds. The van der Waals surface area contributed by atoms with Crippen molar-refractivity contribution in [2.75, 3.05) is 28.7 Å². The van der Waals surface area contributed by atoms with Crippen LogP contribution in [0.4, 0.5) is 17.1 Å². The molecule has 1 aliphatic heterocycles. The van der Waals surface area contributed by atoms with Crippen LogP contribution < -0.4 is 15.1 Å². The minimum absolute atomic E-state index is 0.0807. The number of anilines is 3. The van der Waals surface area contributed by atoms with Gasteiger partial charge in [0.25, 0.3) is 0 Å². The predicted molar refractivity (Wildman–Crippen MR) is 117 cm³/mol. The van der Waals surface area contributed by atoms with Crippen molar-refractivity contribution in [3.8, 4) is 0 Å². The van der Waals surface area contributed by atoms with E-state index in [0.29, 0.717) is 10.7 Å². The number of benzene rings is 2. The zero-order chi connectivity index (χ0) is 20.5. The van der Waals surface area contributed by atoms with Gasteiger partial charge in [-0.25, -0.2) is 0 Å². The largest absolute Gasteiger partial charge is 0.365 e. The maximum absolute atomic E-state index is 13.3. The Morgan fingerprint density at radius 2 is 2.07 bits per heavy atom. The minimum Gasteiger partial charge on any atom is -0.365 e. The first-order valence-electron chi connectivity index (χ1n) is 9.40. The summed E-state index contributed by atoms with van der Waals surface area (Å²) >= 11 is 6.08. The Hall–Kier alpha value is -3.12. The van der Waals surface area contributed by atoms with Gasteiger partial charge in [0, 0.05) is 41.8 Å². The molecule has 7 heteroatoms. The summed E-state index contributed by atoms with van der Waals surface area (Å²) in [6.07, 6.45) is 1.96. The molecule has 1 N–H and O–H groups in total. The Morgan fingerprint density at radius 3 is 2.90 bits per heavy atom. The van der Waals surface area contributed by atoms with E-state index in [1.54, 1.807) is 17.2 Å². The molecule has 0 saturated carbocycles. The first kappa shape index (κ1) is 19.2. The molecule has 0 saturated heterocycles. The molecule has 148 valence electrons. The highest BCUT2D eigenvalue weighted by atomic mass is 35.5. The quantitative estimate of drug-likeness (QED) is 0.708. The van der Waals surface area contributed by atoms with Gasteiger partial charge in [-0.1, -0.05) is 23.7 Å². The van der Waals surface area contributed by atoms with Crippen molar-refractivity contribution in [3.05, 3.63) is 59.8 Å².